The lowest BCUT2D eigenvalue weighted by Gasteiger charge is -2.51. The molecule has 3 aliphatic heterocycles. The third kappa shape index (κ3) is 1.45. The summed E-state index contributed by atoms with van der Waals surface area (Å²) in [5, 5.41) is 0. The fourth-order valence-electron chi connectivity index (χ4n) is 4.52. The Labute approximate surface area is 93.2 Å². The van der Waals surface area contributed by atoms with Crippen LogP contribution in [0.3, 0.4) is 0 Å². The van der Waals surface area contributed by atoms with Gasteiger partial charge in [0.05, 0.1) is 0 Å². The number of piperidine rings is 3. The highest BCUT2D eigenvalue weighted by Gasteiger charge is 2.49. The van der Waals surface area contributed by atoms with E-state index in [1.54, 1.807) is 0 Å². The molecule has 4 atom stereocenters. The quantitative estimate of drug-likeness (QED) is 0.750. The van der Waals surface area contributed by atoms with Crippen molar-refractivity contribution in [2.24, 2.45) is 23.5 Å². The second-order valence-electron chi connectivity index (χ2n) is 5.84. The van der Waals surface area contributed by atoms with Gasteiger partial charge in [-0.15, -0.1) is 0 Å². The summed E-state index contributed by atoms with van der Waals surface area (Å²) in [6.45, 7) is 4.96. The van der Waals surface area contributed by atoms with Gasteiger partial charge in [0.2, 0.25) is 0 Å². The van der Waals surface area contributed by atoms with E-state index in [9.17, 15) is 0 Å². The standard InChI is InChI=1S/C13H24N2/c1-2-12(14)11-4-3-10-9-5-7-15(8-6-9)13(10)11/h9-13H,2-8,14H2,1H3. The molecule has 0 aromatic heterocycles. The molecule has 1 saturated carbocycles. The Kier molecular flexibility index (Phi) is 2.52. The van der Waals surface area contributed by atoms with Crippen LogP contribution in [-0.4, -0.2) is 30.1 Å². The molecule has 4 fully saturated rings. The Morgan fingerprint density at radius 3 is 2.60 bits per heavy atom. The van der Waals surface area contributed by atoms with Crippen LogP contribution in [0, 0.1) is 17.8 Å². The SMILES string of the molecule is CCC(N)C1CCC2C3CCN(CC3)C12. The molecule has 0 amide bonds. The topological polar surface area (TPSA) is 29.3 Å². The molecule has 2 nitrogen and oxygen atoms in total. The van der Waals surface area contributed by atoms with Gasteiger partial charge < -0.3 is 5.73 Å². The van der Waals surface area contributed by atoms with E-state index < -0.39 is 0 Å². The Hall–Kier alpha value is -0.0800. The normalized spacial score (nSPS) is 50.4. The van der Waals surface area contributed by atoms with Gasteiger partial charge in [-0.1, -0.05) is 6.92 Å². The summed E-state index contributed by atoms with van der Waals surface area (Å²) in [6, 6.07) is 1.33. The molecule has 2 N–H and O–H groups in total. The van der Waals surface area contributed by atoms with Gasteiger partial charge in [0, 0.05) is 12.1 Å². The van der Waals surface area contributed by atoms with Crippen LogP contribution in [0.25, 0.3) is 0 Å². The first-order valence-corrected chi connectivity index (χ1v) is 6.81. The number of nitrogens with zero attached hydrogens (tertiary/aromatic N) is 1. The second kappa shape index (κ2) is 3.74. The first-order valence-electron chi connectivity index (χ1n) is 6.81. The zero-order valence-corrected chi connectivity index (χ0v) is 9.86. The van der Waals surface area contributed by atoms with Gasteiger partial charge in [0.1, 0.15) is 0 Å². The highest BCUT2D eigenvalue weighted by atomic mass is 15.2. The molecule has 2 bridgehead atoms. The van der Waals surface area contributed by atoms with E-state index in [0.717, 1.165) is 30.2 Å². The van der Waals surface area contributed by atoms with Crippen molar-refractivity contribution in [1.82, 2.24) is 4.90 Å². The minimum absolute atomic E-state index is 0.458. The lowest BCUT2D eigenvalue weighted by atomic mass is 9.73. The zero-order chi connectivity index (χ0) is 10.4. The van der Waals surface area contributed by atoms with Gasteiger partial charge in [-0.3, -0.25) is 4.90 Å². The maximum atomic E-state index is 6.29. The summed E-state index contributed by atoms with van der Waals surface area (Å²) in [4.78, 5) is 2.76. The van der Waals surface area contributed by atoms with Gasteiger partial charge in [0.25, 0.3) is 0 Å². The van der Waals surface area contributed by atoms with Crippen molar-refractivity contribution in [3.8, 4) is 0 Å². The minimum atomic E-state index is 0.458. The molecule has 3 saturated heterocycles. The van der Waals surface area contributed by atoms with Crippen LogP contribution in [0.1, 0.15) is 39.0 Å². The molecular weight excluding hydrogens is 184 g/mol. The van der Waals surface area contributed by atoms with Crippen molar-refractivity contribution < 1.29 is 0 Å². The molecular formula is C13H24N2. The summed E-state index contributed by atoms with van der Waals surface area (Å²) < 4.78 is 0. The van der Waals surface area contributed by atoms with E-state index >= 15 is 0 Å². The molecule has 1 aliphatic carbocycles. The summed E-state index contributed by atoms with van der Waals surface area (Å²) >= 11 is 0. The third-order valence-corrected chi connectivity index (χ3v) is 5.33. The highest BCUT2D eigenvalue weighted by molar-refractivity contribution is 5.03. The number of hydrogen-bond acceptors (Lipinski definition) is 2. The van der Waals surface area contributed by atoms with Crippen LogP contribution < -0.4 is 5.73 Å². The van der Waals surface area contributed by atoms with Crippen LogP contribution in [-0.2, 0) is 0 Å². The third-order valence-electron chi connectivity index (χ3n) is 5.33. The maximum Gasteiger partial charge on any atom is 0.0169 e. The minimum Gasteiger partial charge on any atom is -0.327 e. The lowest BCUT2D eigenvalue weighted by molar-refractivity contribution is -0.0139. The van der Waals surface area contributed by atoms with Crippen LogP contribution in [0.5, 0.6) is 0 Å². The summed E-state index contributed by atoms with van der Waals surface area (Å²) in [5.41, 5.74) is 6.29. The smallest absolute Gasteiger partial charge is 0.0169 e. The molecule has 15 heavy (non-hydrogen) atoms. The molecule has 86 valence electrons. The molecule has 4 aliphatic rings. The predicted octanol–water partition coefficient (Wildman–Crippen LogP) is 1.84. The molecule has 0 aromatic rings. The van der Waals surface area contributed by atoms with Crippen LogP contribution in [0.15, 0.2) is 0 Å². The number of nitrogens with two attached hydrogens (primary N) is 1. The monoisotopic (exact) mass is 208 g/mol. The van der Waals surface area contributed by atoms with Crippen molar-refractivity contribution in [2.45, 2.75) is 51.1 Å². The van der Waals surface area contributed by atoms with Crippen LogP contribution in [0.4, 0.5) is 0 Å². The largest absolute Gasteiger partial charge is 0.327 e. The van der Waals surface area contributed by atoms with Crippen molar-refractivity contribution in [3.05, 3.63) is 0 Å². The first kappa shape index (κ1) is 10.1. The lowest BCUT2D eigenvalue weighted by Crippen LogP contribution is -2.57. The van der Waals surface area contributed by atoms with Gasteiger partial charge in [-0.2, -0.15) is 0 Å². The Bertz CT molecular complexity index is 233. The fourth-order valence-corrected chi connectivity index (χ4v) is 4.52. The molecule has 4 rings (SSSR count). The van der Waals surface area contributed by atoms with E-state index in [-0.39, 0.29) is 0 Å². The van der Waals surface area contributed by atoms with Crippen LogP contribution >= 0.6 is 0 Å². The van der Waals surface area contributed by atoms with Crippen molar-refractivity contribution in [1.29, 1.82) is 0 Å². The Balaban J connectivity index is 1.80. The van der Waals surface area contributed by atoms with Crippen molar-refractivity contribution in [2.75, 3.05) is 13.1 Å². The molecule has 4 unspecified atom stereocenters. The highest BCUT2D eigenvalue weighted by Crippen LogP contribution is 2.49. The summed E-state index contributed by atoms with van der Waals surface area (Å²) in [7, 11) is 0. The van der Waals surface area contributed by atoms with Gasteiger partial charge in [-0.25, -0.2) is 0 Å². The van der Waals surface area contributed by atoms with E-state index in [1.807, 2.05) is 0 Å². The van der Waals surface area contributed by atoms with E-state index in [2.05, 4.69) is 11.8 Å². The molecule has 0 aromatic carbocycles. The maximum absolute atomic E-state index is 6.29. The Morgan fingerprint density at radius 2 is 1.93 bits per heavy atom. The average molecular weight is 208 g/mol. The zero-order valence-electron chi connectivity index (χ0n) is 9.86. The predicted molar refractivity (Wildman–Crippen MR) is 62.6 cm³/mol. The first-order chi connectivity index (χ1) is 7.31. The van der Waals surface area contributed by atoms with Gasteiger partial charge in [-0.05, 0) is 62.9 Å². The van der Waals surface area contributed by atoms with E-state index in [1.165, 1.54) is 38.8 Å². The average Bonchev–Trinajstić information content (AvgIpc) is 2.76. The molecule has 0 radical (unpaired) electrons. The van der Waals surface area contributed by atoms with Gasteiger partial charge >= 0.3 is 0 Å². The van der Waals surface area contributed by atoms with Crippen LogP contribution in [0.2, 0.25) is 0 Å². The Morgan fingerprint density at radius 1 is 1.20 bits per heavy atom. The van der Waals surface area contributed by atoms with Gasteiger partial charge in [0.15, 0.2) is 0 Å². The number of hydrogen-bond donors (Lipinski definition) is 1. The second-order valence-corrected chi connectivity index (χ2v) is 5.84. The van der Waals surface area contributed by atoms with Crippen molar-refractivity contribution in [3.63, 3.8) is 0 Å². The van der Waals surface area contributed by atoms with E-state index in [0.29, 0.717) is 6.04 Å². The molecule has 3 heterocycles. The fraction of sp³-hybridized carbons (Fsp3) is 1.00. The number of rotatable bonds is 2. The number of fused-ring (bicyclic) bond motifs is 2. The van der Waals surface area contributed by atoms with Crippen molar-refractivity contribution >= 4 is 0 Å². The molecule has 2 heteroatoms. The summed E-state index contributed by atoms with van der Waals surface area (Å²) in [6.07, 6.45) is 6.96. The summed E-state index contributed by atoms with van der Waals surface area (Å²) in [5.74, 6) is 2.87. The van der Waals surface area contributed by atoms with E-state index in [4.69, 9.17) is 5.73 Å². The molecule has 0 spiro atoms.